The quantitative estimate of drug-likeness (QED) is 0.752. The van der Waals surface area contributed by atoms with Crippen LogP contribution in [0.2, 0.25) is 5.02 Å². The van der Waals surface area contributed by atoms with Gasteiger partial charge in [-0.3, -0.25) is 4.79 Å². The molecule has 0 saturated heterocycles. The van der Waals surface area contributed by atoms with E-state index in [2.05, 4.69) is 5.32 Å². The van der Waals surface area contributed by atoms with Crippen molar-refractivity contribution in [2.24, 2.45) is 0 Å². The number of carbonyl (C=O) groups excluding carboxylic acids is 1. The molecule has 7 heteroatoms. The molecule has 2 aromatic rings. The Balaban J connectivity index is 2.36. The van der Waals surface area contributed by atoms with Gasteiger partial charge in [-0.25, -0.2) is 0 Å². The molecule has 24 heavy (non-hydrogen) atoms. The number of fused-ring (bicyclic) bond motifs is 1. The lowest BCUT2D eigenvalue weighted by Crippen LogP contribution is -2.24. The van der Waals surface area contributed by atoms with Crippen LogP contribution in [0.15, 0.2) is 36.2 Å². The summed E-state index contributed by atoms with van der Waals surface area (Å²) in [5, 5.41) is 13.5. The summed E-state index contributed by atoms with van der Waals surface area (Å²) in [6.07, 6.45) is 5.55. The molecule has 2 rings (SSSR count). The van der Waals surface area contributed by atoms with Gasteiger partial charge in [0.05, 0.1) is 18.8 Å². The molecule has 0 bridgehead atoms. The molecule has 2 N–H and O–H groups in total. The summed E-state index contributed by atoms with van der Waals surface area (Å²) in [4.78, 5) is 12.6. The van der Waals surface area contributed by atoms with Crippen LogP contribution in [-0.2, 0) is 11.3 Å². The molecule has 1 amide bonds. The van der Waals surface area contributed by atoms with Crippen LogP contribution in [-0.4, -0.2) is 47.9 Å². The van der Waals surface area contributed by atoms with Crippen LogP contribution in [0.4, 0.5) is 0 Å². The van der Waals surface area contributed by atoms with Crippen molar-refractivity contribution < 1.29 is 14.6 Å². The second-order valence-electron chi connectivity index (χ2n) is 5.19. The minimum Gasteiger partial charge on any atom is -0.390 e. The molecule has 0 spiro atoms. The molecule has 0 aliphatic heterocycles. The average Bonchev–Trinajstić information content (AvgIpc) is 2.94. The number of carbonyl (C=O) groups is 1. The summed E-state index contributed by atoms with van der Waals surface area (Å²) >= 11 is 7.70. The van der Waals surface area contributed by atoms with Crippen LogP contribution < -0.4 is 5.32 Å². The van der Waals surface area contributed by atoms with Crippen LogP contribution in [0.5, 0.6) is 0 Å². The summed E-state index contributed by atoms with van der Waals surface area (Å²) in [5.41, 5.74) is 1.93. The van der Waals surface area contributed by atoms with E-state index in [1.807, 2.05) is 16.9 Å². The van der Waals surface area contributed by atoms with Crippen LogP contribution in [0.1, 0.15) is 10.4 Å². The fraction of sp³-hybridized carbons (Fsp3) is 0.353. The number of halogens is 1. The molecule has 1 aromatic heterocycles. The Labute approximate surface area is 150 Å². The van der Waals surface area contributed by atoms with Gasteiger partial charge in [0.15, 0.2) is 0 Å². The molecule has 0 fully saturated rings. The summed E-state index contributed by atoms with van der Waals surface area (Å²) in [6, 6.07) is 5.46. The van der Waals surface area contributed by atoms with Gasteiger partial charge in [-0.2, -0.15) is 11.8 Å². The van der Waals surface area contributed by atoms with Gasteiger partial charge in [-0.05, 0) is 24.5 Å². The van der Waals surface area contributed by atoms with E-state index in [4.69, 9.17) is 16.3 Å². The number of amides is 1. The lowest BCUT2D eigenvalue weighted by atomic mass is 10.1. The molecule has 130 valence electrons. The molecule has 0 saturated carbocycles. The Kier molecular flexibility index (Phi) is 7.17. The number of aromatic nitrogens is 1. The fourth-order valence-electron chi connectivity index (χ4n) is 2.38. The van der Waals surface area contributed by atoms with Crippen molar-refractivity contribution >= 4 is 40.2 Å². The number of aliphatic hydroxyl groups excluding tert-OH is 1. The second-order valence-corrected chi connectivity index (χ2v) is 6.53. The van der Waals surface area contributed by atoms with E-state index in [1.165, 1.54) is 0 Å². The van der Waals surface area contributed by atoms with Crippen molar-refractivity contribution in [2.75, 3.05) is 32.3 Å². The normalized spacial score (nSPS) is 11.9. The molecule has 0 aliphatic carbocycles. The average molecular weight is 369 g/mol. The number of hydrogen-bond donors (Lipinski definition) is 2. The maximum Gasteiger partial charge on any atom is 0.257 e. The molecular formula is C17H21ClN2O3S. The molecule has 0 aliphatic rings. The van der Waals surface area contributed by atoms with Gasteiger partial charge in [-0.15, -0.1) is 0 Å². The molecule has 5 nitrogen and oxygen atoms in total. The molecule has 0 atom stereocenters. The topological polar surface area (TPSA) is 63.5 Å². The minimum atomic E-state index is -0.264. The standard InChI is InChI=1S/C17H21ClN2O3S/c1-23-7-6-20-10-15(14-9-12(18)3-4-16(14)20)17(22)19-13(11-21)5-8-24-2/h3-5,9-10,21H,6-8,11H2,1-2H3,(H,19,22). The smallest absolute Gasteiger partial charge is 0.257 e. The van der Waals surface area contributed by atoms with Crippen LogP contribution >= 0.6 is 23.4 Å². The number of aliphatic hydroxyl groups is 1. The number of nitrogens with zero attached hydrogens (tertiary/aromatic N) is 1. The third-order valence-corrected chi connectivity index (χ3v) is 4.30. The zero-order chi connectivity index (χ0) is 17.5. The van der Waals surface area contributed by atoms with Crippen molar-refractivity contribution in [1.82, 2.24) is 9.88 Å². The Bertz CT molecular complexity index is 743. The van der Waals surface area contributed by atoms with Gasteiger partial charge in [0.1, 0.15) is 0 Å². The van der Waals surface area contributed by atoms with E-state index >= 15 is 0 Å². The Morgan fingerprint density at radius 1 is 1.50 bits per heavy atom. The van der Waals surface area contributed by atoms with Gasteiger partial charge in [-0.1, -0.05) is 17.7 Å². The number of methoxy groups -OCH3 is 1. The first-order chi connectivity index (χ1) is 11.6. The molecular weight excluding hydrogens is 348 g/mol. The van der Waals surface area contributed by atoms with Crippen molar-refractivity contribution in [3.05, 3.63) is 46.8 Å². The number of nitrogens with one attached hydrogen (secondary N) is 1. The van der Waals surface area contributed by atoms with E-state index < -0.39 is 0 Å². The van der Waals surface area contributed by atoms with E-state index in [1.54, 1.807) is 43.3 Å². The highest BCUT2D eigenvalue weighted by molar-refractivity contribution is 7.98. The monoisotopic (exact) mass is 368 g/mol. The maximum atomic E-state index is 12.6. The third-order valence-electron chi connectivity index (χ3n) is 3.56. The van der Waals surface area contributed by atoms with Crippen molar-refractivity contribution in [1.29, 1.82) is 0 Å². The predicted molar refractivity (Wildman–Crippen MR) is 99.8 cm³/mol. The number of hydrogen-bond acceptors (Lipinski definition) is 4. The highest BCUT2D eigenvalue weighted by atomic mass is 35.5. The van der Waals surface area contributed by atoms with Gasteiger partial charge < -0.3 is 19.7 Å². The Morgan fingerprint density at radius 2 is 2.29 bits per heavy atom. The van der Waals surface area contributed by atoms with Gasteiger partial charge in [0, 0.05) is 47.2 Å². The lowest BCUT2D eigenvalue weighted by Gasteiger charge is -2.06. The summed E-state index contributed by atoms with van der Waals surface area (Å²) in [6.45, 7) is 0.968. The zero-order valence-electron chi connectivity index (χ0n) is 13.7. The number of thioether (sulfide) groups is 1. The van der Waals surface area contributed by atoms with Gasteiger partial charge >= 0.3 is 0 Å². The van der Waals surface area contributed by atoms with Crippen molar-refractivity contribution in [3.8, 4) is 0 Å². The number of benzene rings is 1. The predicted octanol–water partition coefficient (Wildman–Crippen LogP) is 2.91. The minimum absolute atomic E-state index is 0.213. The molecule has 0 unspecified atom stereocenters. The second kappa shape index (κ2) is 9.13. The van der Waals surface area contributed by atoms with E-state index in [9.17, 15) is 9.90 Å². The molecule has 0 radical (unpaired) electrons. The van der Waals surface area contributed by atoms with E-state index in [-0.39, 0.29) is 12.5 Å². The SMILES string of the molecule is COCCn1cc(C(=O)NC(=CCSC)CO)c2cc(Cl)ccc21. The maximum absolute atomic E-state index is 12.6. The van der Waals surface area contributed by atoms with E-state index in [0.717, 1.165) is 16.7 Å². The van der Waals surface area contributed by atoms with Crippen LogP contribution in [0.3, 0.4) is 0 Å². The third kappa shape index (κ3) is 4.54. The van der Waals surface area contributed by atoms with Crippen molar-refractivity contribution in [3.63, 3.8) is 0 Å². The molecule has 1 heterocycles. The van der Waals surface area contributed by atoms with E-state index in [0.29, 0.717) is 29.4 Å². The zero-order valence-corrected chi connectivity index (χ0v) is 15.3. The van der Waals surface area contributed by atoms with Crippen molar-refractivity contribution in [2.45, 2.75) is 6.54 Å². The van der Waals surface area contributed by atoms with Gasteiger partial charge in [0.25, 0.3) is 5.91 Å². The van der Waals surface area contributed by atoms with Crippen LogP contribution in [0.25, 0.3) is 10.9 Å². The lowest BCUT2D eigenvalue weighted by molar-refractivity contribution is 0.0961. The summed E-state index contributed by atoms with van der Waals surface area (Å²) in [7, 11) is 1.64. The Morgan fingerprint density at radius 3 is 2.96 bits per heavy atom. The first-order valence-electron chi connectivity index (χ1n) is 7.48. The van der Waals surface area contributed by atoms with Gasteiger partial charge in [0.2, 0.25) is 0 Å². The highest BCUT2D eigenvalue weighted by Gasteiger charge is 2.16. The summed E-state index contributed by atoms with van der Waals surface area (Å²) < 4.78 is 7.09. The first-order valence-corrected chi connectivity index (χ1v) is 9.25. The summed E-state index contributed by atoms with van der Waals surface area (Å²) in [5.74, 6) is 0.456. The highest BCUT2D eigenvalue weighted by Crippen LogP contribution is 2.25. The van der Waals surface area contributed by atoms with Crippen LogP contribution in [0, 0.1) is 0 Å². The largest absolute Gasteiger partial charge is 0.390 e. The number of rotatable bonds is 8. The first kappa shape index (κ1) is 18.9. The Hall–Kier alpha value is -1.47. The fourth-order valence-corrected chi connectivity index (χ4v) is 2.92. The molecule has 1 aromatic carbocycles. The number of ether oxygens (including phenoxy) is 1.